The van der Waals surface area contributed by atoms with Crippen molar-refractivity contribution >= 4 is 7.92 Å². The molecule has 1 unspecified atom stereocenters. The van der Waals surface area contributed by atoms with Crippen molar-refractivity contribution in [2.45, 2.75) is 25.3 Å². The summed E-state index contributed by atoms with van der Waals surface area (Å²) in [6.07, 6.45) is 4.89. The molecule has 1 atom stereocenters. The molecule has 1 aliphatic rings. The summed E-state index contributed by atoms with van der Waals surface area (Å²) in [4.78, 5) is 0. The minimum absolute atomic E-state index is 0. The van der Waals surface area contributed by atoms with Crippen molar-refractivity contribution in [3.8, 4) is 0 Å². The van der Waals surface area contributed by atoms with E-state index < -0.39 is 0 Å². The maximum atomic E-state index is 4.57. The van der Waals surface area contributed by atoms with Crippen LogP contribution in [0.3, 0.4) is 0 Å². The molecule has 2 nitrogen and oxygen atoms in total. The van der Waals surface area contributed by atoms with Crippen LogP contribution in [0.5, 0.6) is 0 Å². The smallest absolute Gasteiger partial charge is 0.657 e. The fraction of sp³-hybridized carbons (Fsp3) is 0.600. The first-order valence-electron chi connectivity index (χ1n) is 6.72. The van der Waals surface area contributed by atoms with Gasteiger partial charge in [0.05, 0.1) is 0 Å². The van der Waals surface area contributed by atoms with Crippen molar-refractivity contribution < 1.29 is 20.1 Å². The van der Waals surface area contributed by atoms with E-state index in [9.17, 15) is 0 Å². The Morgan fingerprint density at radius 1 is 1.37 bits per heavy atom. The van der Waals surface area contributed by atoms with Gasteiger partial charge in [-0.25, -0.2) is 0 Å². The molecule has 1 aromatic rings. The first-order chi connectivity index (χ1) is 8.74. The van der Waals surface area contributed by atoms with Gasteiger partial charge in [0.15, 0.2) is 0 Å². The van der Waals surface area contributed by atoms with Gasteiger partial charge in [0.2, 0.25) is 0 Å². The number of rotatable bonds is 3. The van der Waals surface area contributed by atoms with Crippen LogP contribution < -0.4 is 0 Å². The average Bonchev–Trinajstić information content (AvgIpc) is 2.41. The van der Waals surface area contributed by atoms with Crippen molar-refractivity contribution in [3.05, 3.63) is 46.5 Å². The van der Waals surface area contributed by atoms with E-state index in [-0.39, 0.29) is 28.0 Å². The third-order valence-electron chi connectivity index (χ3n) is 2.80. The quantitative estimate of drug-likeness (QED) is 0.473. The van der Waals surface area contributed by atoms with Crippen molar-refractivity contribution in [3.63, 3.8) is 0 Å². The Morgan fingerprint density at radius 3 is 2.58 bits per heavy atom. The zero-order chi connectivity index (χ0) is 13.2. The molecule has 1 aromatic carbocycles. The van der Waals surface area contributed by atoms with Gasteiger partial charge in [0, 0.05) is 13.3 Å². The molecule has 0 aliphatic carbocycles. The van der Waals surface area contributed by atoms with Crippen molar-refractivity contribution in [2.75, 3.05) is 33.2 Å². The molecule has 0 aromatic heterocycles. The monoisotopic (exact) mass is 457 g/mol. The van der Waals surface area contributed by atoms with E-state index in [2.05, 4.69) is 42.2 Å². The molecule has 0 saturated carbocycles. The van der Waals surface area contributed by atoms with Crippen LogP contribution in [0.25, 0.3) is 10.6 Å². The molecule has 1 fully saturated rings. The minimum Gasteiger partial charge on any atom is -0.657 e. The summed E-state index contributed by atoms with van der Waals surface area (Å²) in [6, 6.07) is 11.8. The molecule has 1 saturated heterocycles. The van der Waals surface area contributed by atoms with E-state index in [1.165, 1.54) is 24.8 Å². The van der Waals surface area contributed by atoms with E-state index >= 15 is 0 Å². The van der Waals surface area contributed by atoms with Gasteiger partial charge < -0.3 is 10.6 Å². The van der Waals surface area contributed by atoms with E-state index in [0.29, 0.717) is 6.04 Å². The molecular weight excluding hydrogens is 431 g/mol. The van der Waals surface area contributed by atoms with Gasteiger partial charge in [-0.1, -0.05) is 19.3 Å². The molecule has 1 aliphatic heterocycles. The van der Waals surface area contributed by atoms with Crippen LogP contribution in [0.15, 0.2) is 24.3 Å². The Balaban J connectivity index is 0.000000404. The first-order valence-corrected chi connectivity index (χ1v) is 9.42. The minimum atomic E-state index is -0.0522. The van der Waals surface area contributed by atoms with Gasteiger partial charge in [-0.15, -0.1) is 12.6 Å². The third-order valence-corrected chi connectivity index (χ3v) is 3.75. The molecule has 0 spiro atoms. The number of nitrogens with zero attached hydrogens (tertiary/aromatic N) is 2. The molecular formula is C15H25IrN2P+. The number of benzene rings is 1. The Kier molecular flexibility index (Phi) is 12.1. The molecule has 0 N–H and O–H groups in total. The molecule has 4 heteroatoms. The summed E-state index contributed by atoms with van der Waals surface area (Å²) in [5.74, 6) is 0. The van der Waals surface area contributed by atoms with Crippen LogP contribution in [-0.4, -0.2) is 33.2 Å². The van der Waals surface area contributed by atoms with Gasteiger partial charge in [0.1, 0.15) is 0 Å². The second kappa shape index (κ2) is 12.0. The van der Waals surface area contributed by atoms with Gasteiger partial charge >= 0.3 is 20.1 Å². The van der Waals surface area contributed by atoms with Crippen LogP contribution in [-0.2, 0) is 20.1 Å². The van der Waals surface area contributed by atoms with Crippen molar-refractivity contribution in [1.82, 2.24) is 0 Å². The Hall–Kier alpha value is 0.219. The zero-order valence-corrected chi connectivity index (χ0v) is 15.5. The van der Waals surface area contributed by atoms with Crippen molar-refractivity contribution in [1.29, 1.82) is 0 Å². The SMILES string of the molecule is C[N-]C[PH+](C)C.[Ir+3].[c-]1ccccc1C1CCCC[N-]1. The topological polar surface area (TPSA) is 28.2 Å². The number of piperidine rings is 1. The van der Waals surface area contributed by atoms with Crippen LogP contribution >= 0.6 is 7.92 Å². The molecule has 108 valence electrons. The summed E-state index contributed by atoms with van der Waals surface area (Å²) in [5, 5.41) is 8.55. The van der Waals surface area contributed by atoms with Crippen LogP contribution in [0, 0.1) is 6.07 Å². The second-order valence-corrected chi connectivity index (χ2v) is 7.65. The molecule has 0 amide bonds. The van der Waals surface area contributed by atoms with Crippen molar-refractivity contribution in [2.24, 2.45) is 0 Å². The van der Waals surface area contributed by atoms with Gasteiger partial charge in [-0.2, -0.15) is 42.9 Å². The average molecular weight is 457 g/mol. The van der Waals surface area contributed by atoms with E-state index in [1.54, 1.807) is 0 Å². The fourth-order valence-corrected chi connectivity index (χ4v) is 2.60. The first kappa shape index (κ1) is 19.2. The molecule has 19 heavy (non-hydrogen) atoms. The summed E-state index contributed by atoms with van der Waals surface area (Å²) >= 11 is 0. The van der Waals surface area contributed by atoms with E-state index in [1.807, 2.05) is 19.2 Å². The summed E-state index contributed by atoms with van der Waals surface area (Å²) in [7, 11) is 1.82. The second-order valence-electron chi connectivity index (χ2n) is 4.92. The van der Waals surface area contributed by atoms with E-state index in [0.717, 1.165) is 12.8 Å². The maximum Gasteiger partial charge on any atom is 3.00 e. The van der Waals surface area contributed by atoms with Crippen LogP contribution in [0.2, 0.25) is 0 Å². The van der Waals surface area contributed by atoms with Gasteiger partial charge in [0.25, 0.3) is 0 Å². The molecule has 0 radical (unpaired) electrons. The summed E-state index contributed by atoms with van der Waals surface area (Å²) < 4.78 is 0. The van der Waals surface area contributed by atoms with Crippen LogP contribution in [0.1, 0.15) is 30.9 Å². The summed E-state index contributed by atoms with van der Waals surface area (Å²) in [6.45, 7) is 5.56. The molecule has 2 rings (SSSR count). The van der Waals surface area contributed by atoms with Crippen LogP contribution in [0.4, 0.5) is 0 Å². The normalized spacial score (nSPS) is 18.2. The Morgan fingerprint density at radius 2 is 2.16 bits per heavy atom. The Labute approximate surface area is 133 Å². The number of hydrogen-bond donors (Lipinski definition) is 0. The number of hydrogen-bond acceptors (Lipinski definition) is 0. The molecule has 0 bridgehead atoms. The fourth-order valence-electron chi connectivity index (χ4n) is 1.97. The Bertz CT molecular complexity index is 300. The predicted molar refractivity (Wildman–Crippen MR) is 84.4 cm³/mol. The third kappa shape index (κ3) is 8.89. The van der Waals surface area contributed by atoms with Gasteiger partial charge in [-0.3, -0.25) is 0 Å². The van der Waals surface area contributed by atoms with E-state index in [4.69, 9.17) is 0 Å². The summed E-state index contributed by atoms with van der Waals surface area (Å²) in [5.41, 5.74) is 1.26. The predicted octanol–water partition coefficient (Wildman–Crippen LogP) is 4.50. The standard InChI is InChI=1S/C11H13N.C4H11NP.Ir/c1-2-6-10(7-3-1)11-8-4-5-9-12-11;1-5-4-6(2)3;/h1-3,6,11H,4-5,8-9H2;4H2,1-3H3;/q-2;-1;+3/p+1. The zero-order valence-electron chi connectivity index (χ0n) is 12.2. The largest absolute Gasteiger partial charge is 3.00 e. The maximum absolute atomic E-state index is 4.57. The van der Waals surface area contributed by atoms with Gasteiger partial charge in [-0.05, 0) is 14.2 Å². The molecule has 1 heterocycles.